The summed E-state index contributed by atoms with van der Waals surface area (Å²) in [7, 11) is 4.52. The highest BCUT2D eigenvalue weighted by Gasteiger charge is 2.19. The Kier molecular flexibility index (Phi) is 17.4. The third-order valence-electron chi connectivity index (χ3n) is 4.63. The highest BCUT2D eigenvalue weighted by atomic mass is 79.9. The van der Waals surface area contributed by atoms with E-state index in [0.717, 1.165) is 24.2 Å². The van der Waals surface area contributed by atoms with Crippen molar-refractivity contribution in [2.45, 2.75) is 34.1 Å². The average molecular weight is 420 g/mol. The van der Waals surface area contributed by atoms with Crippen LogP contribution in [0.2, 0.25) is 0 Å². The molecule has 0 aliphatic rings. The minimum absolute atomic E-state index is 0. The fourth-order valence-corrected chi connectivity index (χ4v) is 2.22. The van der Waals surface area contributed by atoms with Crippen molar-refractivity contribution in [3.8, 4) is 0 Å². The van der Waals surface area contributed by atoms with E-state index in [9.17, 15) is 0 Å². The number of rotatable bonds is 11. The lowest BCUT2D eigenvalue weighted by Crippen LogP contribution is -3.00. The van der Waals surface area contributed by atoms with Crippen molar-refractivity contribution < 1.29 is 47.7 Å². The van der Waals surface area contributed by atoms with Crippen LogP contribution in [0.25, 0.3) is 0 Å². The minimum Gasteiger partial charge on any atom is -1.00 e. The lowest BCUT2D eigenvalue weighted by Gasteiger charge is -2.35. The van der Waals surface area contributed by atoms with Gasteiger partial charge in [0.2, 0.25) is 0 Å². The Morgan fingerprint density at radius 1 is 0.700 bits per heavy atom. The lowest BCUT2D eigenvalue weighted by atomic mass is 10.3. The first-order valence-electron chi connectivity index (χ1n) is 7.70. The van der Waals surface area contributed by atoms with E-state index in [-0.39, 0.29) is 34.0 Å². The van der Waals surface area contributed by atoms with E-state index in [2.05, 4.69) is 41.8 Å². The molecule has 0 atom stereocenters. The zero-order valence-corrected chi connectivity index (χ0v) is 17.6. The topological polar surface area (TPSA) is 9.23 Å². The largest absolute Gasteiger partial charge is 1.00 e. The second kappa shape index (κ2) is 13.5. The summed E-state index contributed by atoms with van der Waals surface area (Å²) >= 11 is 0. The monoisotopic (exact) mass is 418 g/mol. The van der Waals surface area contributed by atoms with Gasteiger partial charge in [-0.3, -0.25) is 0 Å². The summed E-state index contributed by atoms with van der Waals surface area (Å²) in [6, 6.07) is 0. The minimum atomic E-state index is 0. The number of likely N-dealkylation sites (N-methyl/N-ethyl adjacent to an activating group) is 1. The highest BCUT2D eigenvalue weighted by molar-refractivity contribution is 4.41. The first-order valence-corrected chi connectivity index (χ1v) is 7.70. The molecule has 0 fully saturated rings. The molecule has 0 N–H and O–H groups in total. The Morgan fingerprint density at radius 2 is 1.20 bits per heavy atom. The molecule has 0 bridgehead atoms. The molecule has 20 heavy (non-hydrogen) atoms. The molecule has 0 rings (SSSR count). The molecule has 0 heterocycles. The Balaban J connectivity index is -0.00000144. The third-order valence-corrected chi connectivity index (χ3v) is 4.63. The number of ether oxygens (including phenoxy) is 1. The molecule has 0 saturated heterocycles. The summed E-state index contributed by atoms with van der Waals surface area (Å²) in [5.74, 6) is 0. The molecular formula is C15H36Br2N2O. The quantitative estimate of drug-likeness (QED) is 0.248. The van der Waals surface area contributed by atoms with Gasteiger partial charge in [0.25, 0.3) is 0 Å². The van der Waals surface area contributed by atoms with Gasteiger partial charge in [-0.15, -0.1) is 0 Å². The van der Waals surface area contributed by atoms with Gasteiger partial charge in [-0.05, 0) is 27.7 Å². The normalized spacial score (nSPS) is 11.7. The molecule has 0 saturated carbocycles. The SMILES string of the molecule is CC[N+](C)(C)CCOCCC[N+](CC)(CC)CC.[Br-].[Br-]. The van der Waals surface area contributed by atoms with Crippen LogP contribution in [-0.2, 0) is 4.74 Å². The van der Waals surface area contributed by atoms with Crippen LogP contribution in [0.1, 0.15) is 34.1 Å². The Morgan fingerprint density at radius 3 is 1.60 bits per heavy atom. The Hall–Kier alpha value is 0.840. The molecule has 0 aromatic rings. The summed E-state index contributed by atoms with van der Waals surface area (Å²) in [5.41, 5.74) is 0. The Bertz CT molecular complexity index is 202. The molecule has 0 amide bonds. The van der Waals surface area contributed by atoms with Crippen molar-refractivity contribution in [2.24, 2.45) is 0 Å². The Labute approximate surface area is 148 Å². The van der Waals surface area contributed by atoms with E-state index < -0.39 is 0 Å². The van der Waals surface area contributed by atoms with Gasteiger partial charge in [-0.1, -0.05) is 0 Å². The molecule has 0 aromatic heterocycles. The second-order valence-corrected chi connectivity index (χ2v) is 5.96. The number of nitrogens with zero attached hydrogens (tertiary/aromatic N) is 2. The van der Waals surface area contributed by atoms with Crippen molar-refractivity contribution in [1.82, 2.24) is 0 Å². The highest BCUT2D eigenvalue weighted by Crippen LogP contribution is 2.07. The van der Waals surface area contributed by atoms with Crippen LogP contribution in [0.15, 0.2) is 0 Å². The van der Waals surface area contributed by atoms with Crippen LogP contribution in [-0.4, -0.2) is 75.5 Å². The molecule has 5 heteroatoms. The molecule has 0 unspecified atom stereocenters. The predicted molar refractivity (Wildman–Crippen MR) is 79.7 cm³/mol. The van der Waals surface area contributed by atoms with Crippen molar-refractivity contribution in [3.63, 3.8) is 0 Å². The first kappa shape index (κ1) is 25.8. The number of hydrogen-bond acceptors (Lipinski definition) is 1. The van der Waals surface area contributed by atoms with Gasteiger partial charge in [0.15, 0.2) is 0 Å². The van der Waals surface area contributed by atoms with Gasteiger partial charge in [-0.25, -0.2) is 0 Å². The number of hydrogen-bond donors (Lipinski definition) is 0. The van der Waals surface area contributed by atoms with Crippen LogP contribution in [0.3, 0.4) is 0 Å². The smallest absolute Gasteiger partial charge is 0.102 e. The summed E-state index contributed by atoms with van der Waals surface area (Å²) in [5, 5.41) is 0. The maximum atomic E-state index is 5.77. The summed E-state index contributed by atoms with van der Waals surface area (Å²) < 4.78 is 8.07. The molecule has 126 valence electrons. The number of quaternary nitrogens is 2. The van der Waals surface area contributed by atoms with E-state index in [1.165, 1.54) is 43.6 Å². The summed E-state index contributed by atoms with van der Waals surface area (Å²) in [4.78, 5) is 0. The molecule has 0 radical (unpaired) electrons. The van der Waals surface area contributed by atoms with Gasteiger partial charge < -0.3 is 47.7 Å². The van der Waals surface area contributed by atoms with Gasteiger partial charge in [0, 0.05) is 6.42 Å². The third kappa shape index (κ3) is 10.6. The molecular weight excluding hydrogens is 384 g/mol. The van der Waals surface area contributed by atoms with E-state index in [1.54, 1.807) is 0 Å². The van der Waals surface area contributed by atoms with E-state index >= 15 is 0 Å². The zero-order chi connectivity index (χ0) is 14.1. The van der Waals surface area contributed by atoms with Crippen LogP contribution >= 0.6 is 0 Å². The summed E-state index contributed by atoms with van der Waals surface area (Å²) in [6.45, 7) is 18.2. The van der Waals surface area contributed by atoms with Gasteiger partial charge in [-0.2, -0.15) is 0 Å². The van der Waals surface area contributed by atoms with Gasteiger partial charge in [0.1, 0.15) is 6.54 Å². The van der Waals surface area contributed by atoms with E-state index in [4.69, 9.17) is 4.74 Å². The van der Waals surface area contributed by atoms with Crippen LogP contribution < -0.4 is 34.0 Å². The first-order chi connectivity index (χ1) is 8.45. The fourth-order valence-electron chi connectivity index (χ4n) is 2.22. The molecule has 0 aliphatic carbocycles. The lowest BCUT2D eigenvalue weighted by molar-refractivity contribution is -0.923. The van der Waals surface area contributed by atoms with Crippen LogP contribution in [0.4, 0.5) is 0 Å². The maximum Gasteiger partial charge on any atom is 0.102 e. The van der Waals surface area contributed by atoms with Crippen molar-refractivity contribution in [2.75, 3.05) is 66.6 Å². The van der Waals surface area contributed by atoms with Gasteiger partial charge in [0.05, 0.1) is 60.0 Å². The fraction of sp³-hybridized carbons (Fsp3) is 1.00. The van der Waals surface area contributed by atoms with Crippen molar-refractivity contribution >= 4 is 0 Å². The van der Waals surface area contributed by atoms with Crippen LogP contribution in [0, 0.1) is 0 Å². The van der Waals surface area contributed by atoms with E-state index in [1.807, 2.05) is 0 Å². The van der Waals surface area contributed by atoms with Crippen LogP contribution in [0.5, 0.6) is 0 Å². The zero-order valence-electron chi connectivity index (χ0n) is 14.4. The molecule has 0 aliphatic heterocycles. The predicted octanol–water partition coefficient (Wildman–Crippen LogP) is -3.63. The molecule has 0 spiro atoms. The molecule has 3 nitrogen and oxygen atoms in total. The second-order valence-electron chi connectivity index (χ2n) is 5.96. The van der Waals surface area contributed by atoms with E-state index in [0.29, 0.717) is 0 Å². The van der Waals surface area contributed by atoms with Crippen molar-refractivity contribution in [1.29, 1.82) is 0 Å². The standard InChI is InChI=1S/C15H36N2O.2BrH/c1-7-16(5,6)13-15-18-14-11-12-17(8-2,9-3)10-4;;/h7-15H2,1-6H3;2*1H/q+2;;/p-2. The number of halogens is 2. The molecule has 0 aromatic carbocycles. The summed E-state index contributed by atoms with van der Waals surface area (Å²) in [6.07, 6.45) is 1.19. The van der Waals surface area contributed by atoms with Gasteiger partial charge >= 0.3 is 0 Å². The maximum absolute atomic E-state index is 5.77. The van der Waals surface area contributed by atoms with Crippen molar-refractivity contribution in [3.05, 3.63) is 0 Å². The average Bonchev–Trinajstić information content (AvgIpc) is 2.39.